The molecule has 0 aliphatic carbocycles. The summed E-state index contributed by atoms with van der Waals surface area (Å²) in [4.78, 5) is 0.115. The van der Waals surface area contributed by atoms with Crippen LogP contribution in [0.2, 0.25) is 0 Å². The van der Waals surface area contributed by atoms with Crippen molar-refractivity contribution < 1.29 is 13.2 Å². The third-order valence-corrected chi connectivity index (χ3v) is 2.60. The molecule has 0 amide bonds. The number of alkyl halides is 3. The predicted octanol–water partition coefficient (Wildman–Crippen LogP) is 3.08. The maximum atomic E-state index is 12.0. The zero-order chi connectivity index (χ0) is 12.2. The molecule has 6 heteroatoms. The monoisotopic (exact) mass is 246 g/mol. The number of rotatable bonds is 3. The molecule has 1 unspecified atom stereocenters. The van der Waals surface area contributed by atoms with Crippen molar-refractivity contribution in [2.45, 2.75) is 16.4 Å². The number of halogens is 3. The van der Waals surface area contributed by atoms with E-state index in [1.165, 1.54) is 24.3 Å². The number of nitriles is 1. The minimum absolute atomic E-state index is 0.115. The summed E-state index contributed by atoms with van der Waals surface area (Å²) >= 11 is -0.167. The van der Waals surface area contributed by atoms with Gasteiger partial charge in [0.2, 0.25) is 0 Å². The topological polar surface area (TPSA) is 35.8 Å². The van der Waals surface area contributed by atoms with Gasteiger partial charge in [-0.1, -0.05) is 12.1 Å². The Labute approximate surface area is 95.5 Å². The molecule has 0 bridgehead atoms. The summed E-state index contributed by atoms with van der Waals surface area (Å²) in [7, 11) is 1.62. The SMILES string of the molecule is CNC(C#N)c1ccc(SC(F)(F)F)cc1. The fourth-order valence-corrected chi connectivity index (χ4v) is 1.71. The summed E-state index contributed by atoms with van der Waals surface area (Å²) in [6, 6.07) is 7.24. The van der Waals surface area contributed by atoms with Gasteiger partial charge in [0.15, 0.2) is 0 Å². The Bertz CT molecular complexity index is 381. The van der Waals surface area contributed by atoms with Crippen LogP contribution in [0.5, 0.6) is 0 Å². The molecule has 86 valence electrons. The highest BCUT2D eigenvalue weighted by Crippen LogP contribution is 2.36. The van der Waals surface area contributed by atoms with Gasteiger partial charge < -0.3 is 5.32 Å². The Morgan fingerprint density at radius 3 is 2.25 bits per heavy atom. The molecule has 0 spiro atoms. The molecule has 0 aliphatic heterocycles. The van der Waals surface area contributed by atoms with Gasteiger partial charge in [-0.05, 0) is 36.5 Å². The van der Waals surface area contributed by atoms with E-state index in [4.69, 9.17) is 5.26 Å². The predicted molar refractivity (Wildman–Crippen MR) is 55.8 cm³/mol. The van der Waals surface area contributed by atoms with Crippen LogP contribution in [0.25, 0.3) is 0 Å². The van der Waals surface area contributed by atoms with Crippen molar-refractivity contribution in [1.82, 2.24) is 5.32 Å². The smallest absolute Gasteiger partial charge is 0.301 e. The summed E-state index contributed by atoms with van der Waals surface area (Å²) in [5, 5.41) is 11.5. The molecule has 16 heavy (non-hydrogen) atoms. The minimum atomic E-state index is -4.28. The molecule has 1 rings (SSSR count). The number of hydrogen-bond donors (Lipinski definition) is 1. The molecule has 1 aromatic carbocycles. The summed E-state index contributed by atoms with van der Waals surface area (Å²) in [6.45, 7) is 0. The summed E-state index contributed by atoms with van der Waals surface area (Å²) in [6.07, 6.45) is 0. The van der Waals surface area contributed by atoms with Gasteiger partial charge in [0.1, 0.15) is 6.04 Å². The zero-order valence-corrected chi connectivity index (χ0v) is 9.19. The molecular weight excluding hydrogens is 237 g/mol. The number of nitrogens with one attached hydrogen (secondary N) is 1. The molecule has 0 fully saturated rings. The van der Waals surface area contributed by atoms with E-state index in [9.17, 15) is 13.2 Å². The van der Waals surface area contributed by atoms with Gasteiger partial charge in [-0.3, -0.25) is 0 Å². The van der Waals surface area contributed by atoms with E-state index >= 15 is 0 Å². The molecule has 0 saturated heterocycles. The van der Waals surface area contributed by atoms with Crippen molar-refractivity contribution >= 4 is 11.8 Å². The molecule has 2 nitrogen and oxygen atoms in total. The van der Waals surface area contributed by atoms with Crippen molar-refractivity contribution in [1.29, 1.82) is 5.26 Å². The van der Waals surface area contributed by atoms with Gasteiger partial charge in [-0.2, -0.15) is 18.4 Å². The van der Waals surface area contributed by atoms with E-state index in [-0.39, 0.29) is 16.7 Å². The van der Waals surface area contributed by atoms with Crippen LogP contribution in [0.4, 0.5) is 13.2 Å². The first-order valence-corrected chi connectivity index (χ1v) is 5.20. The van der Waals surface area contributed by atoms with Gasteiger partial charge >= 0.3 is 5.51 Å². The molecule has 0 saturated carbocycles. The van der Waals surface area contributed by atoms with Crippen LogP contribution in [0.15, 0.2) is 29.2 Å². The van der Waals surface area contributed by atoms with E-state index < -0.39 is 11.6 Å². The minimum Gasteiger partial charge on any atom is -0.301 e. The van der Waals surface area contributed by atoms with Gasteiger partial charge in [0, 0.05) is 4.90 Å². The maximum absolute atomic E-state index is 12.0. The van der Waals surface area contributed by atoms with E-state index in [1.54, 1.807) is 7.05 Å². The second-order valence-electron chi connectivity index (χ2n) is 2.97. The van der Waals surface area contributed by atoms with Crippen LogP contribution in [0, 0.1) is 11.3 Å². The Kier molecular flexibility index (Phi) is 4.21. The molecule has 1 atom stereocenters. The van der Waals surface area contributed by atoms with Crippen LogP contribution in [-0.4, -0.2) is 12.6 Å². The number of hydrogen-bond acceptors (Lipinski definition) is 3. The third-order valence-electron chi connectivity index (χ3n) is 1.86. The Balaban J connectivity index is 2.80. The average Bonchev–Trinajstić information content (AvgIpc) is 2.20. The first-order chi connectivity index (χ1) is 7.46. The Hall–Kier alpha value is -1.19. The van der Waals surface area contributed by atoms with E-state index in [0.29, 0.717) is 5.56 Å². The molecular formula is C10H9F3N2S. The van der Waals surface area contributed by atoms with Crippen molar-refractivity contribution in [3.8, 4) is 6.07 Å². The highest BCUT2D eigenvalue weighted by atomic mass is 32.2. The fourth-order valence-electron chi connectivity index (χ4n) is 1.17. The average molecular weight is 246 g/mol. The van der Waals surface area contributed by atoms with Crippen LogP contribution in [0.3, 0.4) is 0 Å². The number of thioether (sulfide) groups is 1. The number of benzene rings is 1. The molecule has 0 heterocycles. The first-order valence-electron chi connectivity index (χ1n) is 4.39. The van der Waals surface area contributed by atoms with Gasteiger partial charge in [0.05, 0.1) is 6.07 Å². The molecule has 1 N–H and O–H groups in total. The van der Waals surface area contributed by atoms with Crippen LogP contribution < -0.4 is 5.32 Å². The molecule has 0 aliphatic rings. The largest absolute Gasteiger partial charge is 0.446 e. The highest BCUT2D eigenvalue weighted by Gasteiger charge is 2.29. The van der Waals surface area contributed by atoms with E-state index in [1.807, 2.05) is 6.07 Å². The van der Waals surface area contributed by atoms with Gasteiger partial charge in [-0.25, -0.2) is 0 Å². The van der Waals surface area contributed by atoms with Crippen LogP contribution >= 0.6 is 11.8 Å². The van der Waals surface area contributed by atoms with Crippen molar-refractivity contribution in [3.05, 3.63) is 29.8 Å². The normalized spacial score (nSPS) is 13.2. The molecule has 1 aromatic rings. The van der Waals surface area contributed by atoms with Crippen molar-refractivity contribution in [3.63, 3.8) is 0 Å². The van der Waals surface area contributed by atoms with E-state index in [2.05, 4.69) is 5.32 Å². The molecule has 0 radical (unpaired) electrons. The second-order valence-corrected chi connectivity index (χ2v) is 4.11. The summed E-state index contributed by atoms with van der Waals surface area (Å²) in [5.74, 6) is 0. The standard InChI is InChI=1S/C10H9F3N2S/c1-15-9(6-14)7-2-4-8(5-3-7)16-10(11,12)13/h2-5,9,15H,1H3. The third kappa shape index (κ3) is 3.76. The second kappa shape index (κ2) is 5.23. The molecule has 0 aromatic heterocycles. The van der Waals surface area contributed by atoms with Gasteiger partial charge in [0.25, 0.3) is 0 Å². The Morgan fingerprint density at radius 1 is 1.31 bits per heavy atom. The lowest BCUT2D eigenvalue weighted by molar-refractivity contribution is -0.0328. The first kappa shape index (κ1) is 12.9. The quantitative estimate of drug-likeness (QED) is 0.832. The lowest BCUT2D eigenvalue weighted by Crippen LogP contribution is -2.13. The van der Waals surface area contributed by atoms with Crippen LogP contribution in [0.1, 0.15) is 11.6 Å². The van der Waals surface area contributed by atoms with Crippen molar-refractivity contribution in [2.75, 3.05) is 7.05 Å². The zero-order valence-electron chi connectivity index (χ0n) is 8.38. The van der Waals surface area contributed by atoms with Gasteiger partial charge in [-0.15, -0.1) is 0 Å². The van der Waals surface area contributed by atoms with Crippen LogP contribution in [-0.2, 0) is 0 Å². The Morgan fingerprint density at radius 2 is 1.88 bits per heavy atom. The summed E-state index contributed by atoms with van der Waals surface area (Å²) < 4.78 is 36.1. The fraction of sp³-hybridized carbons (Fsp3) is 0.300. The lowest BCUT2D eigenvalue weighted by atomic mass is 10.1. The van der Waals surface area contributed by atoms with Crippen molar-refractivity contribution in [2.24, 2.45) is 0 Å². The highest BCUT2D eigenvalue weighted by molar-refractivity contribution is 8.00. The number of nitrogens with zero attached hydrogens (tertiary/aromatic N) is 1. The summed E-state index contributed by atoms with van der Waals surface area (Å²) in [5.41, 5.74) is -3.63. The maximum Gasteiger partial charge on any atom is 0.446 e. The lowest BCUT2D eigenvalue weighted by Gasteiger charge is -2.09. The van der Waals surface area contributed by atoms with E-state index in [0.717, 1.165) is 0 Å².